The van der Waals surface area contributed by atoms with Crippen molar-refractivity contribution < 1.29 is 15.8 Å². The Morgan fingerprint density at radius 3 is 2.74 bits per heavy atom. The number of hydrogen-bond donors (Lipinski definition) is 2. The number of rotatable bonds is 5. The van der Waals surface area contributed by atoms with Gasteiger partial charge in [-0.3, -0.25) is 10.2 Å². The van der Waals surface area contributed by atoms with E-state index in [4.69, 9.17) is 4.84 Å². The van der Waals surface area contributed by atoms with Gasteiger partial charge >= 0.3 is 0 Å². The average molecular weight is 378 g/mol. The average Bonchev–Trinajstić information content (AvgIpc) is 2.78. The molecule has 152 valence electrons. The van der Waals surface area contributed by atoms with Crippen LogP contribution in [-0.2, 0) is 4.84 Å². The second-order valence-electron chi connectivity index (χ2n) is 7.75. The molecule has 3 unspecified atom stereocenters. The molecule has 0 saturated carbocycles. The standard InChI is InChI=1S/C21H33N3O2.H2O/c1-17-9-11-18(12-10-17)16-26-24-15-13-20(23-25)8-5-14-22-21(24)19-6-3-2-4-7-19;/h2-4,6-7,11,17,20-22H,5,8-10,12-16,23H2,1H3;1H2. The molecule has 2 aliphatic rings. The number of allylic oxidation sites excluding steroid dienone is 1. The highest BCUT2D eigenvalue weighted by molar-refractivity contribution is 5.18. The maximum atomic E-state index is 11.3. The molecule has 0 amide bonds. The van der Waals surface area contributed by atoms with Gasteiger partial charge in [0.15, 0.2) is 0 Å². The van der Waals surface area contributed by atoms with E-state index in [2.05, 4.69) is 47.6 Å². The van der Waals surface area contributed by atoms with Crippen molar-refractivity contribution in [1.82, 2.24) is 10.4 Å². The van der Waals surface area contributed by atoms with Crippen molar-refractivity contribution in [3.63, 3.8) is 0 Å². The van der Waals surface area contributed by atoms with Gasteiger partial charge in [0.1, 0.15) is 6.17 Å². The van der Waals surface area contributed by atoms with Crippen molar-refractivity contribution >= 4 is 0 Å². The van der Waals surface area contributed by atoms with Crippen LogP contribution in [-0.4, -0.2) is 36.3 Å². The fourth-order valence-corrected chi connectivity index (χ4v) is 3.78. The van der Waals surface area contributed by atoms with E-state index >= 15 is 0 Å². The summed E-state index contributed by atoms with van der Waals surface area (Å²) >= 11 is 0. The molecule has 5 N–H and O–H groups in total. The highest BCUT2D eigenvalue weighted by atomic mass is 16.7. The lowest BCUT2D eigenvalue weighted by Crippen LogP contribution is -2.84. The van der Waals surface area contributed by atoms with Crippen LogP contribution in [0.15, 0.2) is 42.0 Å². The molecule has 6 nitrogen and oxygen atoms in total. The lowest BCUT2D eigenvalue weighted by atomic mass is 9.91. The molecule has 0 radical (unpaired) electrons. The van der Waals surface area contributed by atoms with Crippen LogP contribution < -0.4 is 10.8 Å². The number of nitrogens with two attached hydrogens (primary N) is 1. The molecule has 1 heterocycles. The highest BCUT2D eigenvalue weighted by Crippen LogP contribution is 2.25. The van der Waals surface area contributed by atoms with E-state index in [0.717, 1.165) is 56.6 Å². The van der Waals surface area contributed by atoms with Gasteiger partial charge in [0.25, 0.3) is 0 Å². The summed E-state index contributed by atoms with van der Waals surface area (Å²) in [7, 11) is 0. The predicted octanol–water partition coefficient (Wildman–Crippen LogP) is 2.04. The Bertz CT molecular complexity index is 567. The number of nitrogens with zero attached hydrogens (tertiary/aromatic N) is 1. The van der Waals surface area contributed by atoms with E-state index in [1.54, 1.807) is 0 Å². The summed E-state index contributed by atoms with van der Waals surface area (Å²) in [6, 6.07) is 10.6. The molecule has 6 heteroatoms. The molecule has 1 aliphatic carbocycles. The van der Waals surface area contributed by atoms with E-state index in [-0.39, 0.29) is 17.7 Å². The first-order valence-electron chi connectivity index (χ1n) is 10.1. The zero-order valence-corrected chi connectivity index (χ0v) is 16.4. The molecular weight excluding hydrogens is 342 g/mol. The van der Waals surface area contributed by atoms with Gasteiger partial charge in [0.2, 0.25) is 0 Å². The Morgan fingerprint density at radius 2 is 2.04 bits per heavy atom. The predicted molar refractivity (Wildman–Crippen MR) is 107 cm³/mol. The minimum Gasteiger partial charge on any atom is -0.636 e. The first-order chi connectivity index (χ1) is 12.8. The second-order valence-corrected chi connectivity index (χ2v) is 7.75. The minimum atomic E-state index is 0. The van der Waals surface area contributed by atoms with Crippen LogP contribution in [0.2, 0.25) is 0 Å². The Kier molecular flexibility index (Phi) is 9.41. The summed E-state index contributed by atoms with van der Waals surface area (Å²) in [5.74, 6) is 0.788. The van der Waals surface area contributed by atoms with Crippen LogP contribution in [0.25, 0.3) is 0 Å². The van der Waals surface area contributed by atoms with Gasteiger partial charge in [-0.1, -0.05) is 43.3 Å². The van der Waals surface area contributed by atoms with Gasteiger partial charge in [0, 0.05) is 19.4 Å². The van der Waals surface area contributed by atoms with Gasteiger partial charge in [-0.05, 0) is 49.3 Å². The third kappa shape index (κ3) is 6.68. The fourth-order valence-electron chi connectivity index (χ4n) is 3.78. The van der Waals surface area contributed by atoms with E-state index in [9.17, 15) is 5.21 Å². The van der Waals surface area contributed by atoms with Gasteiger partial charge < -0.3 is 16.2 Å². The fraction of sp³-hybridized carbons (Fsp3) is 0.619. The molecule has 0 aromatic heterocycles. The number of benzene rings is 1. The van der Waals surface area contributed by atoms with Crippen molar-refractivity contribution in [3.8, 4) is 0 Å². The van der Waals surface area contributed by atoms with Gasteiger partial charge in [0.05, 0.1) is 12.6 Å². The van der Waals surface area contributed by atoms with Crippen LogP contribution in [0.3, 0.4) is 0 Å². The second kappa shape index (κ2) is 11.5. The molecule has 1 aromatic rings. The lowest BCUT2D eigenvalue weighted by molar-refractivity contribution is -0.629. The number of hydroxylamine groups is 3. The first kappa shape index (κ1) is 22.0. The number of nitrogens with one attached hydrogen (secondary N) is 1. The third-order valence-electron chi connectivity index (χ3n) is 5.59. The molecule has 1 aromatic carbocycles. The molecule has 0 spiro atoms. The maximum absolute atomic E-state index is 11.3. The van der Waals surface area contributed by atoms with Crippen LogP contribution in [0.1, 0.15) is 57.2 Å². The molecule has 1 aliphatic heterocycles. The van der Waals surface area contributed by atoms with Crippen LogP contribution >= 0.6 is 0 Å². The van der Waals surface area contributed by atoms with Crippen molar-refractivity contribution in [2.75, 3.05) is 19.7 Å². The normalized spacial score (nSPS) is 27.6. The van der Waals surface area contributed by atoms with E-state index in [1.807, 2.05) is 6.07 Å². The van der Waals surface area contributed by atoms with E-state index in [1.165, 1.54) is 17.6 Å². The van der Waals surface area contributed by atoms with Gasteiger partial charge in [-0.15, -0.1) is 0 Å². The number of quaternary nitrogens is 1. The molecular formula is C21H35N3O3. The molecule has 0 bridgehead atoms. The van der Waals surface area contributed by atoms with E-state index in [0.29, 0.717) is 6.61 Å². The Morgan fingerprint density at radius 1 is 1.22 bits per heavy atom. The van der Waals surface area contributed by atoms with Crippen molar-refractivity contribution in [2.24, 2.45) is 5.92 Å². The van der Waals surface area contributed by atoms with Gasteiger partial charge in [-0.2, -0.15) is 5.06 Å². The number of hydrogen-bond acceptors (Lipinski definition) is 4. The molecule has 27 heavy (non-hydrogen) atoms. The van der Waals surface area contributed by atoms with Crippen LogP contribution in [0.5, 0.6) is 0 Å². The molecule has 1 saturated heterocycles. The summed E-state index contributed by atoms with van der Waals surface area (Å²) in [5, 5.41) is 17.0. The lowest BCUT2D eigenvalue weighted by Gasteiger charge is -2.32. The van der Waals surface area contributed by atoms with E-state index < -0.39 is 0 Å². The highest BCUT2D eigenvalue weighted by Gasteiger charge is 2.25. The maximum Gasteiger partial charge on any atom is 0.110 e. The third-order valence-corrected chi connectivity index (χ3v) is 5.59. The van der Waals surface area contributed by atoms with Crippen LogP contribution in [0.4, 0.5) is 0 Å². The summed E-state index contributed by atoms with van der Waals surface area (Å²) in [5.41, 5.74) is 3.73. The summed E-state index contributed by atoms with van der Waals surface area (Å²) in [6.45, 7) is 4.62. The molecule has 3 atom stereocenters. The van der Waals surface area contributed by atoms with Gasteiger partial charge in [-0.25, -0.2) is 0 Å². The molecule has 3 rings (SSSR count). The van der Waals surface area contributed by atoms with Crippen molar-refractivity contribution in [3.05, 3.63) is 52.8 Å². The largest absolute Gasteiger partial charge is 0.636 e. The Hall–Kier alpha value is -1.28. The zero-order valence-electron chi connectivity index (χ0n) is 16.4. The summed E-state index contributed by atoms with van der Waals surface area (Å²) < 4.78 is 0. The topological polar surface area (TPSA) is 95.7 Å². The molecule has 1 fully saturated rings. The summed E-state index contributed by atoms with van der Waals surface area (Å²) in [6.07, 6.45) is 8.75. The van der Waals surface area contributed by atoms with Crippen LogP contribution in [0, 0.1) is 11.1 Å². The Balaban J connectivity index is 0.00000261. The monoisotopic (exact) mass is 377 g/mol. The quantitative estimate of drug-likeness (QED) is 0.606. The van der Waals surface area contributed by atoms with Crippen molar-refractivity contribution in [2.45, 2.75) is 57.7 Å². The zero-order chi connectivity index (χ0) is 18.2. The smallest absolute Gasteiger partial charge is 0.110 e. The SMILES string of the molecule is CC1CC=C(CON2CCC([NH2+][O-])CCCNC2c2ccccc2)CC1.O. The summed E-state index contributed by atoms with van der Waals surface area (Å²) in [4.78, 5) is 6.30. The minimum absolute atomic E-state index is 0. The first-order valence-corrected chi connectivity index (χ1v) is 10.1. The Labute approximate surface area is 162 Å². The van der Waals surface area contributed by atoms with Crippen molar-refractivity contribution in [1.29, 1.82) is 0 Å².